The topological polar surface area (TPSA) is 0 Å². The van der Waals surface area contributed by atoms with E-state index in [1.54, 1.807) is 11.1 Å². The van der Waals surface area contributed by atoms with Crippen LogP contribution in [-0.2, 0) is 32.6 Å². The molecule has 1 heteroatoms. The predicted molar refractivity (Wildman–Crippen MR) is 117 cm³/mol. The normalized spacial score (nSPS) is 16.5. The van der Waals surface area contributed by atoms with E-state index in [0.29, 0.717) is 0 Å². The van der Waals surface area contributed by atoms with Crippen molar-refractivity contribution in [3.8, 4) is 11.1 Å². The molecule has 0 bridgehead atoms. The monoisotopic (exact) mass is 442 g/mol. The number of hydrogen-bond donors (Lipinski definition) is 0. The van der Waals surface area contributed by atoms with Gasteiger partial charge in [0.25, 0.3) is 0 Å². The molecule has 0 heterocycles. The average Bonchev–Trinajstić information content (AvgIpc) is 3.13. The molecule has 1 saturated carbocycles. The molecule has 5 rings (SSSR count). The molecule has 0 atom stereocenters. The fourth-order valence-corrected chi connectivity index (χ4v) is 5.24. The molecule has 0 radical (unpaired) electrons. The zero-order valence-corrected chi connectivity index (χ0v) is 19.3. The number of aryl methyl sites for hydroxylation is 1. The number of hydrogen-bond acceptors (Lipinski definition) is 0. The van der Waals surface area contributed by atoms with Crippen molar-refractivity contribution in [3.05, 3.63) is 76.9 Å². The molecule has 0 amide bonds. The van der Waals surface area contributed by atoms with Crippen LogP contribution < -0.4 is 0 Å². The van der Waals surface area contributed by atoms with Gasteiger partial charge in [-0.05, 0) is 64.3 Å². The number of rotatable bonds is 3. The summed E-state index contributed by atoms with van der Waals surface area (Å²) in [6.45, 7) is 2.28. The van der Waals surface area contributed by atoms with Crippen molar-refractivity contribution in [2.75, 3.05) is 0 Å². The Hall–Kier alpha value is -1.46. The van der Waals surface area contributed by atoms with Gasteiger partial charge in [0, 0.05) is 26.2 Å². The van der Waals surface area contributed by atoms with Gasteiger partial charge in [-0.1, -0.05) is 98.4 Å². The van der Waals surface area contributed by atoms with Crippen LogP contribution in [0.15, 0.2) is 60.2 Å². The van der Waals surface area contributed by atoms with Crippen LogP contribution in [0.25, 0.3) is 28.0 Å². The Bertz CT molecular complexity index is 1020. The SMILES string of the molecule is Cc1ccc(-c2cccc3ccccc23)c2c1CC(CC1CCCCC1)=C2.[Zr]. The van der Waals surface area contributed by atoms with Crippen LogP contribution in [0.4, 0.5) is 0 Å². The molecule has 1 fully saturated rings. The number of benzene rings is 3. The molecular formula is C27H28Zr. The van der Waals surface area contributed by atoms with Crippen molar-refractivity contribution in [2.24, 2.45) is 5.92 Å². The first-order valence-electron chi connectivity index (χ1n) is 10.6. The zero-order valence-electron chi connectivity index (χ0n) is 16.8. The van der Waals surface area contributed by atoms with E-state index in [1.165, 1.54) is 71.6 Å². The van der Waals surface area contributed by atoms with E-state index in [1.807, 2.05) is 0 Å². The minimum absolute atomic E-state index is 0. The smallest absolute Gasteiger partial charge is 0 e. The van der Waals surface area contributed by atoms with Crippen molar-refractivity contribution in [2.45, 2.75) is 51.9 Å². The summed E-state index contributed by atoms with van der Waals surface area (Å²) in [5.74, 6) is 0.917. The summed E-state index contributed by atoms with van der Waals surface area (Å²) in [5, 5.41) is 2.69. The fourth-order valence-electron chi connectivity index (χ4n) is 5.24. The van der Waals surface area contributed by atoms with Gasteiger partial charge in [0.1, 0.15) is 0 Å². The molecule has 140 valence electrons. The van der Waals surface area contributed by atoms with Crippen LogP contribution in [-0.4, -0.2) is 0 Å². The summed E-state index contributed by atoms with van der Waals surface area (Å²) in [6, 6.07) is 20.2. The second kappa shape index (κ2) is 8.50. The van der Waals surface area contributed by atoms with Crippen LogP contribution in [0.1, 0.15) is 55.2 Å². The third kappa shape index (κ3) is 3.71. The van der Waals surface area contributed by atoms with E-state index in [9.17, 15) is 0 Å². The summed E-state index contributed by atoms with van der Waals surface area (Å²) in [5.41, 5.74) is 8.94. The summed E-state index contributed by atoms with van der Waals surface area (Å²) >= 11 is 0. The quantitative estimate of drug-likeness (QED) is 0.388. The molecular weight excluding hydrogens is 416 g/mol. The Kier molecular flexibility index (Phi) is 6.02. The molecule has 0 aromatic heterocycles. The summed E-state index contributed by atoms with van der Waals surface area (Å²) in [4.78, 5) is 0. The molecule has 0 spiro atoms. The van der Waals surface area contributed by atoms with E-state index >= 15 is 0 Å². The van der Waals surface area contributed by atoms with Crippen molar-refractivity contribution in [3.63, 3.8) is 0 Å². The number of fused-ring (bicyclic) bond motifs is 2. The summed E-state index contributed by atoms with van der Waals surface area (Å²) in [6.07, 6.45) is 12.2. The molecule has 0 saturated heterocycles. The summed E-state index contributed by atoms with van der Waals surface area (Å²) < 4.78 is 0. The molecule has 0 unspecified atom stereocenters. The maximum absolute atomic E-state index is 2.54. The van der Waals surface area contributed by atoms with Crippen molar-refractivity contribution < 1.29 is 26.2 Å². The Morgan fingerprint density at radius 1 is 0.821 bits per heavy atom. The number of allylic oxidation sites excluding steroid dienone is 1. The Labute approximate surface area is 188 Å². The van der Waals surface area contributed by atoms with Crippen molar-refractivity contribution in [1.82, 2.24) is 0 Å². The first-order valence-corrected chi connectivity index (χ1v) is 10.6. The molecule has 0 aliphatic heterocycles. The van der Waals surface area contributed by atoms with Gasteiger partial charge in [0.05, 0.1) is 0 Å². The van der Waals surface area contributed by atoms with Crippen LogP contribution in [0.5, 0.6) is 0 Å². The first-order chi connectivity index (χ1) is 13.3. The molecule has 2 aliphatic rings. The van der Waals surface area contributed by atoms with Gasteiger partial charge in [-0.3, -0.25) is 0 Å². The molecule has 0 N–H and O–H groups in total. The van der Waals surface area contributed by atoms with Gasteiger partial charge in [0.15, 0.2) is 0 Å². The van der Waals surface area contributed by atoms with Gasteiger partial charge in [-0.2, -0.15) is 0 Å². The van der Waals surface area contributed by atoms with Gasteiger partial charge in [-0.15, -0.1) is 0 Å². The average molecular weight is 444 g/mol. The predicted octanol–water partition coefficient (Wildman–Crippen LogP) is 7.72. The maximum Gasteiger partial charge on any atom is 0 e. The van der Waals surface area contributed by atoms with Crippen LogP contribution in [0.2, 0.25) is 0 Å². The molecule has 3 aromatic carbocycles. The molecule has 28 heavy (non-hydrogen) atoms. The van der Waals surface area contributed by atoms with Crippen molar-refractivity contribution in [1.29, 1.82) is 0 Å². The minimum atomic E-state index is 0. The summed E-state index contributed by atoms with van der Waals surface area (Å²) in [7, 11) is 0. The molecule has 0 nitrogen and oxygen atoms in total. The van der Waals surface area contributed by atoms with E-state index in [0.717, 1.165) is 12.3 Å². The molecule has 2 aliphatic carbocycles. The maximum atomic E-state index is 2.54. The Morgan fingerprint density at radius 3 is 2.46 bits per heavy atom. The second-order valence-corrected chi connectivity index (χ2v) is 8.54. The van der Waals surface area contributed by atoms with Crippen molar-refractivity contribution >= 4 is 16.8 Å². The van der Waals surface area contributed by atoms with Gasteiger partial charge in [-0.25, -0.2) is 0 Å². The van der Waals surface area contributed by atoms with E-state index < -0.39 is 0 Å². The first kappa shape index (κ1) is 19.8. The van der Waals surface area contributed by atoms with Crippen LogP contribution in [0, 0.1) is 12.8 Å². The third-order valence-corrected chi connectivity index (χ3v) is 6.70. The third-order valence-electron chi connectivity index (χ3n) is 6.70. The second-order valence-electron chi connectivity index (χ2n) is 8.54. The van der Waals surface area contributed by atoms with Gasteiger partial charge < -0.3 is 0 Å². The Morgan fingerprint density at radius 2 is 1.61 bits per heavy atom. The Balaban J connectivity index is 0.00000192. The largest absolute Gasteiger partial charge is 0.0649 e. The standard InChI is InChI=1S/C27H28.Zr/c1-19-14-15-25(24-13-7-11-22-10-5-6-12-23(22)24)27-18-21(17-26(19)27)16-20-8-3-2-4-9-20;/h5-7,10-15,18,20H,2-4,8-9,16-17H2,1H3;. The molecule has 3 aromatic rings. The minimum Gasteiger partial charge on any atom is -0.0649 e. The van der Waals surface area contributed by atoms with E-state index in [-0.39, 0.29) is 26.2 Å². The van der Waals surface area contributed by atoms with Crippen LogP contribution in [0.3, 0.4) is 0 Å². The van der Waals surface area contributed by atoms with Crippen LogP contribution >= 0.6 is 0 Å². The fraction of sp³-hybridized carbons (Fsp3) is 0.333. The van der Waals surface area contributed by atoms with Gasteiger partial charge >= 0.3 is 0 Å². The van der Waals surface area contributed by atoms with Gasteiger partial charge in [0.2, 0.25) is 0 Å². The van der Waals surface area contributed by atoms with E-state index in [4.69, 9.17) is 0 Å². The van der Waals surface area contributed by atoms with E-state index in [2.05, 4.69) is 67.6 Å². The zero-order chi connectivity index (χ0) is 18.2.